The predicted molar refractivity (Wildman–Crippen MR) is 142 cm³/mol. The van der Waals surface area contributed by atoms with Gasteiger partial charge in [-0.15, -0.1) is 0 Å². The number of carbonyl (C=O) groups excluding carboxylic acids is 1. The molecule has 0 aliphatic carbocycles. The van der Waals surface area contributed by atoms with Crippen LogP contribution in [-0.2, 0) is 0 Å². The third-order valence-electron chi connectivity index (χ3n) is 6.05. The molecule has 4 nitrogen and oxygen atoms in total. The number of rotatable bonds is 9. The summed E-state index contributed by atoms with van der Waals surface area (Å²) in [6.45, 7) is 11.9. The average molecular weight is 520 g/mol. The van der Waals surface area contributed by atoms with E-state index in [4.69, 9.17) is 9.15 Å². The van der Waals surface area contributed by atoms with Crippen molar-refractivity contribution in [2.24, 2.45) is 0 Å². The first kappa shape index (κ1) is 24.2. The summed E-state index contributed by atoms with van der Waals surface area (Å²) < 4.78 is 13.1. The van der Waals surface area contributed by atoms with Crippen LogP contribution in [-0.4, -0.2) is 36.9 Å². The summed E-state index contributed by atoms with van der Waals surface area (Å²) in [4.78, 5) is 16.1. The lowest BCUT2D eigenvalue weighted by molar-refractivity contribution is 0.104. The van der Waals surface area contributed by atoms with Crippen LogP contribution in [0.1, 0.15) is 40.9 Å². The number of nitrogens with zero attached hydrogens (tertiary/aromatic N) is 1. The van der Waals surface area contributed by atoms with E-state index in [1.807, 2.05) is 68.4 Å². The summed E-state index contributed by atoms with van der Waals surface area (Å²) in [7, 11) is 0. The Labute approximate surface area is 209 Å². The number of likely N-dealkylation sites (N-methyl/N-ethyl adjacent to an activating group) is 1. The molecular formula is C29H30BrNO3. The fourth-order valence-corrected chi connectivity index (χ4v) is 4.64. The summed E-state index contributed by atoms with van der Waals surface area (Å²) in [5, 5.41) is 0.799. The van der Waals surface area contributed by atoms with E-state index in [1.54, 1.807) is 0 Å². The topological polar surface area (TPSA) is 42.7 Å². The van der Waals surface area contributed by atoms with Crippen molar-refractivity contribution in [3.05, 3.63) is 87.4 Å². The van der Waals surface area contributed by atoms with Gasteiger partial charge in [-0.05, 0) is 81.5 Å². The van der Waals surface area contributed by atoms with E-state index in [-0.39, 0.29) is 5.78 Å². The zero-order valence-corrected chi connectivity index (χ0v) is 21.7. The molecule has 4 aromatic rings. The van der Waals surface area contributed by atoms with Gasteiger partial charge in [0.2, 0.25) is 0 Å². The molecular weight excluding hydrogens is 490 g/mol. The number of carbonyl (C=O) groups is 1. The van der Waals surface area contributed by atoms with Gasteiger partial charge in [-0.3, -0.25) is 4.79 Å². The van der Waals surface area contributed by atoms with Crippen LogP contribution in [0.2, 0.25) is 0 Å². The molecule has 0 aliphatic heterocycles. The Bertz CT molecular complexity index is 1280. The van der Waals surface area contributed by atoms with Gasteiger partial charge in [0.15, 0.2) is 5.78 Å². The quantitative estimate of drug-likeness (QED) is 0.215. The second-order valence-electron chi connectivity index (χ2n) is 8.55. The van der Waals surface area contributed by atoms with Crippen molar-refractivity contribution < 1.29 is 13.9 Å². The summed E-state index contributed by atoms with van der Waals surface area (Å²) >= 11 is 3.54. The third-order valence-corrected chi connectivity index (χ3v) is 6.54. The van der Waals surface area contributed by atoms with Crippen molar-refractivity contribution in [2.75, 3.05) is 26.2 Å². The molecule has 0 unspecified atom stereocenters. The minimum absolute atomic E-state index is 0.0433. The van der Waals surface area contributed by atoms with E-state index in [9.17, 15) is 4.79 Å². The Morgan fingerprint density at radius 1 is 0.941 bits per heavy atom. The largest absolute Gasteiger partial charge is 0.492 e. The number of ether oxygens (including phenoxy) is 1. The zero-order chi connectivity index (χ0) is 24.2. The van der Waals surface area contributed by atoms with Gasteiger partial charge < -0.3 is 14.1 Å². The van der Waals surface area contributed by atoms with E-state index in [0.717, 1.165) is 51.9 Å². The predicted octanol–water partition coefficient (Wildman–Crippen LogP) is 7.43. The molecule has 0 saturated heterocycles. The van der Waals surface area contributed by atoms with Gasteiger partial charge in [0.1, 0.15) is 23.7 Å². The Balaban J connectivity index is 1.69. The van der Waals surface area contributed by atoms with Crippen LogP contribution < -0.4 is 4.74 Å². The molecule has 3 aromatic carbocycles. The van der Waals surface area contributed by atoms with Gasteiger partial charge in [0.05, 0.1) is 5.56 Å². The molecule has 0 bridgehead atoms. The number of fused-ring (bicyclic) bond motifs is 1. The smallest absolute Gasteiger partial charge is 0.197 e. The molecule has 0 radical (unpaired) electrons. The first-order valence-corrected chi connectivity index (χ1v) is 12.5. The van der Waals surface area contributed by atoms with Crippen molar-refractivity contribution >= 4 is 32.7 Å². The monoisotopic (exact) mass is 519 g/mol. The van der Waals surface area contributed by atoms with Crippen LogP contribution in [0.25, 0.3) is 22.3 Å². The SMILES string of the molecule is CCN(CC)CCOc1ccc(-c2oc3ccc(Br)cc3c2C(=O)c2cc(C)cc(C)c2)cc1. The first-order valence-electron chi connectivity index (χ1n) is 11.7. The lowest BCUT2D eigenvalue weighted by Crippen LogP contribution is -2.27. The van der Waals surface area contributed by atoms with E-state index >= 15 is 0 Å². The standard InChI is InChI=1S/C29H30BrNO3/c1-5-31(6-2)13-14-33-24-10-7-21(8-11-24)29-27(25-18-23(30)9-12-26(25)34-29)28(32)22-16-19(3)15-20(4)17-22/h7-12,15-18H,5-6,13-14H2,1-4H3. The zero-order valence-electron chi connectivity index (χ0n) is 20.2. The maximum absolute atomic E-state index is 13.8. The molecule has 1 heterocycles. The molecule has 1 aromatic heterocycles. The maximum atomic E-state index is 13.8. The highest BCUT2D eigenvalue weighted by molar-refractivity contribution is 9.10. The fourth-order valence-electron chi connectivity index (χ4n) is 4.28. The van der Waals surface area contributed by atoms with Gasteiger partial charge in [0.25, 0.3) is 0 Å². The Morgan fingerprint density at radius 2 is 1.62 bits per heavy atom. The molecule has 176 valence electrons. The van der Waals surface area contributed by atoms with Gasteiger partial charge in [-0.1, -0.05) is 47.0 Å². The van der Waals surface area contributed by atoms with Gasteiger partial charge in [-0.2, -0.15) is 0 Å². The molecule has 0 spiro atoms. The van der Waals surface area contributed by atoms with Crippen molar-refractivity contribution in [1.82, 2.24) is 4.90 Å². The minimum atomic E-state index is -0.0433. The van der Waals surface area contributed by atoms with E-state index < -0.39 is 0 Å². The number of ketones is 1. The van der Waals surface area contributed by atoms with E-state index in [0.29, 0.717) is 29.1 Å². The Hall–Kier alpha value is -2.89. The van der Waals surface area contributed by atoms with Gasteiger partial charge >= 0.3 is 0 Å². The number of benzene rings is 3. The molecule has 0 amide bonds. The van der Waals surface area contributed by atoms with Crippen LogP contribution in [0.5, 0.6) is 5.75 Å². The third kappa shape index (κ3) is 5.26. The Morgan fingerprint density at radius 3 is 2.26 bits per heavy atom. The van der Waals surface area contributed by atoms with Gasteiger partial charge in [-0.25, -0.2) is 0 Å². The van der Waals surface area contributed by atoms with Crippen molar-refractivity contribution in [2.45, 2.75) is 27.7 Å². The Kier molecular flexibility index (Phi) is 7.54. The number of hydrogen-bond acceptors (Lipinski definition) is 4. The van der Waals surface area contributed by atoms with Crippen LogP contribution >= 0.6 is 15.9 Å². The number of halogens is 1. The van der Waals surface area contributed by atoms with Crippen molar-refractivity contribution in [1.29, 1.82) is 0 Å². The molecule has 0 N–H and O–H groups in total. The number of furan rings is 1. The summed E-state index contributed by atoms with van der Waals surface area (Å²) in [5.74, 6) is 1.34. The summed E-state index contributed by atoms with van der Waals surface area (Å²) in [5.41, 5.74) is 4.89. The summed E-state index contributed by atoms with van der Waals surface area (Å²) in [6, 6.07) is 19.5. The molecule has 5 heteroatoms. The second-order valence-corrected chi connectivity index (χ2v) is 9.47. The lowest BCUT2D eigenvalue weighted by Gasteiger charge is -2.18. The van der Waals surface area contributed by atoms with Crippen LogP contribution in [0, 0.1) is 13.8 Å². The lowest BCUT2D eigenvalue weighted by atomic mass is 9.95. The molecule has 4 rings (SSSR count). The number of hydrogen-bond donors (Lipinski definition) is 0. The molecule has 34 heavy (non-hydrogen) atoms. The average Bonchev–Trinajstić information content (AvgIpc) is 3.19. The fraction of sp³-hybridized carbons (Fsp3) is 0.276. The van der Waals surface area contributed by atoms with Crippen molar-refractivity contribution in [3.8, 4) is 17.1 Å². The maximum Gasteiger partial charge on any atom is 0.197 e. The molecule has 0 aliphatic rings. The minimum Gasteiger partial charge on any atom is -0.492 e. The highest BCUT2D eigenvalue weighted by atomic mass is 79.9. The summed E-state index contributed by atoms with van der Waals surface area (Å²) in [6.07, 6.45) is 0. The normalized spacial score (nSPS) is 11.4. The first-order chi connectivity index (χ1) is 16.4. The van der Waals surface area contributed by atoms with E-state index in [1.165, 1.54) is 0 Å². The number of aryl methyl sites for hydroxylation is 2. The molecule has 0 atom stereocenters. The highest BCUT2D eigenvalue weighted by Gasteiger charge is 2.24. The van der Waals surface area contributed by atoms with E-state index in [2.05, 4.69) is 40.7 Å². The van der Waals surface area contributed by atoms with Crippen LogP contribution in [0.3, 0.4) is 0 Å². The molecule has 0 fully saturated rings. The van der Waals surface area contributed by atoms with Gasteiger partial charge in [0, 0.05) is 27.5 Å². The van der Waals surface area contributed by atoms with Crippen LogP contribution in [0.15, 0.2) is 69.6 Å². The molecule has 0 saturated carbocycles. The van der Waals surface area contributed by atoms with Crippen LogP contribution in [0.4, 0.5) is 0 Å². The van der Waals surface area contributed by atoms with Crippen molar-refractivity contribution in [3.63, 3.8) is 0 Å². The highest BCUT2D eigenvalue weighted by Crippen LogP contribution is 2.37. The second kappa shape index (κ2) is 10.6.